The van der Waals surface area contributed by atoms with Crippen molar-refractivity contribution in [3.63, 3.8) is 0 Å². The van der Waals surface area contributed by atoms with Gasteiger partial charge in [-0.2, -0.15) is 0 Å². The molecule has 1 unspecified atom stereocenters. The number of aromatic nitrogens is 1. The lowest BCUT2D eigenvalue weighted by Crippen LogP contribution is -2.22. The van der Waals surface area contributed by atoms with Crippen LogP contribution < -0.4 is 10.6 Å². The van der Waals surface area contributed by atoms with Gasteiger partial charge in [-0.15, -0.1) is 11.3 Å². The molecular formula is C19H22N2O2S2. The van der Waals surface area contributed by atoms with E-state index in [2.05, 4.69) is 18.8 Å². The number of hydrogen-bond acceptors (Lipinski definition) is 4. The van der Waals surface area contributed by atoms with Crippen molar-refractivity contribution in [2.75, 3.05) is 0 Å². The highest BCUT2D eigenvalue weighted by molar-refractivity contribution is 7.73. The maximum atomic E-state index is 12.4. The van der Waals surface area contributed by atoms with Crippen molar-refractivity contribution in [3.8, 4) is 5.88 Å². The number of hydrogen-bond donors (Lipinski definition) is 1. The van der Waals surface area contributed by atoms with Gasteiger partial charge in [-0.3, -0.25) is 9.36 Å². The molecule has 3 rings (SSSR count). The van der Waals surface area contributed by atoms with Crippen molar-refractivity contribution < 1.29 is 9.90 Å². The van der Waals surface area contributed by atoms with Gasteiger partial charge in [0.15, 0.2) is 3.95 Å². The molecule has 1 N–H and O–H groups in total. The quantitative estimate of drug-likeness (QED) is 0.754. The zero-order valence-corrected chi connectivity index (χ0v) is 16.1. The van der Waals surface area contributed by atoms with Crippen molar-refractivity contribution in [1.82, 2.24) is 4.57 Å². The Kier molecular flexibility index (Phi) is 5.49. The van der Waals surface area contributed by atoms with Gasteiger partial charge in [-0.05, 0) is 30.6 Å². The number of para-hydroxylation sites is 1. The van der Waals surface area contributed by atoms with E-state index in [1.165, 1.54) is 17.8 Å². The van der Waals surface area contributed by atoms with E-state index in [1.807, 2.05) is 24.3 Å². The number of rotatable bonds is 7. The van der Waals surface area contributed by atoms with Gasteiger partial charge in [0.2, 0.25) is 5.88 Å². The van der Waals surface area contributed by atoms with Crippen molar-refractivity contribution >= 4 is 35.0 Å². The number of benzene rings is 1. The Morgan fingerprint density at radius 1 is 1.32 bits per heavy atom. The minimum Gasteiger partial charge on any atom is -0.493 e. The molecule has 1 atom stereocenters. The summed E-state index contributed by atoms with van der Waals surface area (Å²) in [6.07, 6.45) is 4.49. The lowest BCUT2D eigenvalue weighted by Gasteiger charge is -2.15. The molecule has 4 nitrogen and oxygen atoms in total. The number of carbonyl (C=O) groups is 1. The second-order valence-electron chi connectivity index (χ2n) is 6.36. The number of amides is 1. The molecule has 1 amide bonds. The highest BCUT2D eigenvalue weighted by Crippen LogP contribution is 2.33. The Morgan fingerprint density at radius 3 is 2.80 bits per heavy atom. The van der Waals surface area contributed by atoms with E-state index >= 15 is 0 Å². The number of aromatic hydroxyl groups is 1. The summed E-state index contributed by atoms with van der Waals surface area (Å²) in [5.41, 5.74) is 0.463. The summed E-state index contributed by atoms with van der Waals surface area (Å²) in [4.78, 5) is 17.0. The number of fused-ring (bicyclic) bond motifs is 1. The first-order valence-corrected chi connectivity index (χ1v) is 9.94. The second kappa shape index (κ2) is 7.62. The third-order valence-corrected chi connectivity index (χ3v) is 6.15. The molecule has 132 valence electrons. The molecule has 0 fully saturated rings. The summed E-state index contributed by atoms with van der Waals surface area (Å²) in [6.45, 7) is 5.04. The average molecular weight is 375 g/mol. The predicted octanol–water partition coefficient (Wildman–Crippen LogP) is 3.56. The molecule has 6 heteroatoms. The van der Waals surface area contributed by atoms with E-state index < -0.39 is 0 Å². The molecule has 0 spiro atoms. The molecule has 1 aliphatic heterocycles. The molecule has 1 aromatic carbocycles. The summed E-state index contributed by atoms with van der Waals surface area (Å²) < 4.78 is 2.38. The summed E-state index contributed by atoms with van der Waals surface area (Å²) >= 11 is 6.77. The van der Waals surface area contributed by atoms with Crippen LogP contribution in [0.25, 0.3) is 5.57 Å². The third-order valence-electron chi connectivity index (χ3n) is 4.69. The van der Waals surface area contributed by atoms with Gasteiger partial charge in [0, 0.05) is 11.8 Å². The lowest BCUT2D eigenvalue weighted by atomic mass is 9.99. The fourth-order valence-corrected chi connectivity index (χ4v) is 4.54. The molecule has 2 heterocycles. The standard InChI is InChI=1S/C19H22N2O2S2/c1-3-5-8-12(4-2)11-21-18(23)16(25-19(21)24)15-13-9-6-7-10-14(13)20-17(15)22/h6-7,9-10,12,23H,3-5,8,11H2,1-2H3. The van der Waals surface area contributed by atoms with Gasteiger partial charge in [0.1, 0.15) is 4.88 Å². The summed E-state index contributed by atoms with van der Waals surface area (Å²) in [5, 5.41) is 12.2. The van der Waals surface area contributed by atoms with Crippen LogP contribution in [-0.4, -0.2) is 15.6 Å². The number of carbonyl (C=O) groups excluding carboxylic acids is 1. The zero-order chi connectivity index (χ0) is 18.0. The first-order chi connectivity index (χ1) is 12.1. The molecule has 0 radical (unpaired) electrons. The first kappa shape index (κ1) is 18.0. The summed E-state index contributed by atoms with van der Waals surface area (Å²) in [7, 11) is 0. The smallest absolute Gasteiger partial charge is 0.279 e. The Labute approximate surface area is 156 Å². The van der Waals surface area contributed by atoms with E-state index in [9.17, 15) is 9.90 Å². The largest absolute Gasteiger partial charge is 0.493 e. The van der Waals surface area contributed by atoms with Crippen LogP contribution in [-0.2, 0) is 11.3 Å². The summed E-state index contributed by atoms with van der Waals surface area (Å²) in [6, 6.07) is 7.40. The van der Waals surface area contributed by atoms with Crippen LogP contribution in [0.15, 0.2) is 29.3 Å². The van der Waals surface area contributed by atoms with Gasteiger partial charge in [0.25, 0.3) is 5.91 Å². The van der Waals surface area contributed by atoms with Crippen LogP contribution in [0.4, 0.5) is 0 Å². The van der Waals surface area contributed by atoms with Crippen molar-refractivity contribution in [2.45, 2.75) is 46.1 Å². The minimum absolute atomic E-state index is 0.0974. The van der Waals surface area contributed by atoms with Gasteiger partial charge in [-0.25, -0.2) is 4.99 Å². The van der Waals surface area contributed by atoms with E-state index in [4.69, 9.17) is 12.2 Å². The van der Waals surface area contributed by atoms with Gasteiger partial charge < -0.3 is 5.11 Å². The number of nitrogens with zero attached hydrogens (tertiary/aromatic N) is 2. The monoisotopic (exact) mass is 374 g/mol. The maximum absolute atomic E-state index is 12.4. The van der Waals surface area contributed by atoms with Crippen LogP contribution >= 0.6 is 23.6 Å². The Balaban J connectivity index is 2.03. The van der Waals surface area contributed by atoms with Crippen LogP contribution in [0.5, 0.6) is 5.88 Å². The maximum Gasteiger partial charge on any atom is 0.279 e. The van der Waals surface area contributed by atoms with Crippen LogP contribution in [0.3, 0.4) is 0 Å². The second-order valence-corrected chi connectivity index (χ2v) is 8.00. The number of thiazole rings is 1. The molecule has 1 aliphatic rings. The van der Waals surface area contributed by atoms with E-state index in [0.717, 1.165) is 24.5 Å². The third kappa shape index (κ3) is 3.46. The van der Waals surface area contributed by atoms with Crippen LogP contribution in [0.1, 0.15) is 44.4 Å². The molecule has 0 saturated carbocycles. The van der Waals surface area contributed by atoms with Gasteiger partial charge in [0.05, 0.1) is 10.9 Å². The zero-order valence-electron chi connectivity index (χ0n) is 14.5. The SMILES string of the molecule is CCCCC(CC)Cn1c(O)c(C2=c3ccccc3=NC2=O)sc1=S. The normalized spacial score (nSPS) is 14.5. The topological polar surface area (TPSA) is 54.6 Å². The van der Waals surface area contributed by atoms with Crippen molar-refractivity contribution in [3.05, 3.63) is 43.7 Å². The van der Waals surface area contributed by atoms with Gasteiger partial charge in [-0.1, -0.05) is 51.3 Å². The molecule has 2 aromatic rings. The minimum atomic E-state index is -0.307. The molecule has 0 aliphatic carbocycles. The van der Waals surface area contributed by atoms with Crippen LogP contribution in [0.2, 0.25) is 0 Å². The van der Waals surface area contributed by atoms with E-state index in [1.54, 1.807) is 4.57 Å². The predicted molar refractivity (Wildman–Crippen MR) is 103 cm³/mol. The molecule has 0 bridgehead atoms. The Bertz CT molecular complexity index is 972. The molecular weight excluding hydrogens is 352 g/mol. The first-order valence-electron chi connectivity index (χ1n) is 8.72. The van der Waals surface area contributed by atoms with Crippen molar-refractivity contribution in [2.24, 2.45) is 10.9 Å². The highest BCUT2D eigenvalue weighted by Gasteiger charge is 2.25. The van der Waals surface area contributed by atoms with E-state index in [-0.39, 0.29) is 11.8 Å². The highest BCUT2D eigenvalue weighted by atomic mass is 32.1. The molecule has 1 aromatic heterocycles. The fraction of sp³-hybridized carbons (Fsp3) is 0.421. The Morgan fingerprint density at radius 2 is 2.08 bits per heavy atom. The average Bonchev–Trinajstić information content (AvgIpc) is 3.07. The molecule has 0 saturated heterocycles. The fourth-order valence-electron chi connectivity index (χ4n) is 3.18. The Hall–Kier alpha value is -1.79. The van der Waals surface area contributed by atoms with Gasteiger partial charge >= 0.3 is 0 Å². The summed E-state index contributed by atoms with van der Waals surface area (Å²) in [5.74, 6) is 0.263. The lowest BCUT2D eigenvalue weighted by molar-refractivity contribution is -0.112. The molecule has 25 heavy (non-hydrogen) atoms. The van der Waals surface area contributed by atoms with Crippen molar-refractivity contribution in [1.29, 1.82) is 0 Å². The van der Waals surface area contributed by atoms with E-state index in [0.29, 0.717) is 32.2 Å². The van der Waals surface area contributed by atoms with Crippen LogP contribution in [0, 0.1) is 9.87 Å². The number of unbranched alkanes of at least 4 members (excludes halogenated alkanes) is 1.